The van der Waals surface area contributed by atoms with E-state index in [1.807, 2.05) is 0 Å². The Bertz CT molecular complexity index is 32.2. The van der Waals surface area contributed by atoms with Gasteiger partial charge in [-0.05, 0) is 13.0 Å². The molecule has 0 aliphatic heterocycles. The fourth-order valence-corrected chi connectivity index (χ4v) is 0.571. The normalized spacial score (nSPS) is 7.33. The molecule has 0 aliphatic rings. The van der Waals surface area contributed by atoms with E-state index in [4.69, 9.17) is 5.73 Å². The average molecular weight is 435 g/mol. The largest absolute Gasteiger partial charge is 0.330 e. The van der Waals surface area contributed by atoms with Crippen molar-refractivity contribution < 1.29 is 0 Å². The molecule has 5 radical (unpaired) electrons. The van der Waals surface area contributed by atoms with Crippen LogP contribution in [0.2, 0.25) is 0 Å². The molecule has 0 aromatic carbocycles. The van der Waals surface area contributed by atoms with Gasteiger partial charge >= 0.3 is 0 Å². The quantitative estimate of drug-likeness (QED) is 0.409. The van der Waals surface area contributed by atoms with Crippen molar-refractivity contribution in [2.45, 2.75) is 32.6 Å². The third-order valence-electron chi connectivity index (χ3n) is 1.06. The fourth-order valence-electron chi connectivity index (χ4n) is 0.571. The smallest absolute Gasteiger partial charge is 0 e. The van der Waals surface area contributed by atoms with Crippen molar-refractivity contribution in [1.29, 1.82) is 0 Å². The van der Waals surface area contributed by atoms with Gasteiger partial charge in [0.1, 0.15) is 0 Å². The van der Waals surface area contributed by atoms with E-state index in [9.17, 15) is 0 Å². The van der Waals surface area contributed by atoms with Crippen molar-refractivity contribution in [3.63, 3.8) is 0 Å². The Morgan fingerprint density at radius 1 is 1.11 bits per heavy atom. The zero-order valence-corrected chi connectivity index (χ0v) is 12.0. The first kappa shape index (κ1) is 16.9. The molecule has 0 unspecified atom stereocenters. The summed E-state index contributed by atoms with van der Waals surface area (Å²) in [5.41, 5.74) is 5.27. The first-order valence-corrected chi connectivity index (χ1v) is 3.12. The molecule has 0 aliphatic carbocycles. The van der Waals surface area contributed by atoms with E-state index >= 15 is 0 Å². The summed E-state index contributed by atoms with van der Waals surface area (Å²) in [6.07, 6.45) is 5.16. The predicted octanol–water partition coefficient (Wildman–Crippen LogP) is 2.03. The van der Waals surface area contributed by atoms with E-state index in [1.165, 1.54) is 25.7 Å². The number of nitrogens with two attached hydrogens (primary N) is 1. The second kappa shape index (κ2) is 16.3. The molecule has 0 fully saturated rings. The molecule has 0 bridgehead atoms. The SMILES string of the molecule is CCCCCCN.[I].[Pb]. The van der Waals surface area contributed by atoms with Crippen LogP contribution >= 0.6 is 24.0 Å². The number of unbranched alkanes of at least 4 members (excludes halogenated alkanes) is 3. The first-order chi connectivity index (χ1) is 3.41. The third-order valence-corrected chi connectivity index (χ3v) is 1.06. The zero-order chi connectivity index (χ0) is 5.54. The van der Waals surface area contributed by atoms with Crippen LogP contribution < -0.4 is 5.73 Å². The Kier molecular flexibility index (Phi) is 30.7. The van der Waals surface area contributed by atoms with E-state index in [0.29, 0.717) is 0 Å². The summed E-state index contributed by atoms with van der Waals surface area (Å²) in [5, 5.41) is 0. The van der Waals surface area contributed by atoms with Gasteiger partial charge < -0.3 is 5.73 Å². The molecule has 0 rings (SSSR count). The van der Waals surface area contributed by atoms with Gasteiger partial charge in [0, 0.05) is 51.3 Å². The molecule has 1 nitrogen and oxygen atoms in total. The van der Waals surface area contributed by atoms with E-state index in [1.54, 1.807) is 0 Å². The Hall–Kier alpha value is 1.61. The predicted molar refractivity (Wildman–Crippen MR) is 53.0 cm³/mol. The number of rotatable bonds is 4. The van der Waals surface area contributed by atoms with Crippen LogP contribution in [0.4, 0.5) is 0 Å². The van der Waals surface area contributed by atoms with Gasteiger partial charge in [0.2, 0.25) is 0 Å². The van der Waals surface area contributed by atoms with E-state index in [-0.39, 0.29) is 51.3 Å². The number of hydrogen-bond acceptors (Lipinski definition) is 1. The fraction of sp³-hybridized carbons (Fsp3) is 1.00. The molecule has 3 heteroatoms. The summed E-state index contributed by atoms with van der Waals surface area (Å²) < 4.78 is 0. The van der Waals surface area contributed by atoms with E-state index in [0.717, 1.165) is 6.54 Å². The first-order valence-electron chi connectivity index (χ1n) is 3.12. The Morgan fingerprint density at radius 3 is 2.00 bits per heavy atom. The summed E-state index contributed by atoms with van der Waals surface area (Å²) in [5.74, 6) is 0. The molecular formula is C6H15INPb. The zero-order valence-electron chi connectivity index (χ0n) is 5.99. The van der Waals surface area contributed by atoms with Crippen LogP contribution in [-0.2, 0) is 0 Å². The summed E-state index contributed by atoms with van der Waals surface area (Å²) in [6, 6.07) is 0. The molecule has 0 amide bonds. The van der Waals surface area contributed by atoms with Crippen LogP contribution in [0.25, 0.3) is 0 Å². The molecular weight excluding hydrogens is 420 g/mol. The summed E-state index contributed by atoms with van der Waals surface area (Å²) in [6.45, 7) is 3.07. The van der Waals surface area contributed by atoms with Gasteiger partial charge in [-0.15, -0.1) is 0 Å². The van der Waals surface area contributed by atoms with Gasteiger partial charge in [-0.3, -0.25) is 0 Å². The van der Waals surface area contributed by atoms with Gasteiger partial charge in [0.05, 0.1) is 0 Å². The second-order valence-electron chi connectivity index (χ2n) is 1.85. The van der Waals surface area contributed by atoms with Crippen LogP contribution in [0, 0.1) is 0 Å². The minimum atomic E-state index is 0. The molecule has 55 valence electrons. The molecule has 0 saturated carbocycles. The van der Waals surface area contributed by atoms with Crippen molar-refractivity contribution in [3.05, 3.63) is 0 Å². The molecule has 9 heavy (non-hydrogen) atoms. The number of halogens is 1. The van der Waals surface area contributed by atoms with Crippen molar-refractivity contribution >= 4 is 51.3 Å². The van der Waals surface area contributed by atoms with Crippen LogP contribution in [0.15, 0.2) is 0 Å². The summed E-state index contributed by atoms with van der Waals surface area (Å²) in [4.78, 5) is 0. The second-order valence-corrected chi connectivity index (χ2v) is 1.85. The van der Waals surface area contributed by atoms with Crippen molar-refractivity contribution in [2.75, 3.05) is 6.54 Å². The minimum absolute atomic E-state index is 0. The van der Waals surface area contributed by atoms with Gasteiger partial charge in [-0.1, -0.05) is 26.2 Å². The molecule has 2 N–H and O–H groups in total. The molecule has 0 atom stereocenters. The average Bonchev–Trinajstić information content (AvgIpc) is 1.69. The van der Waals surface area contributed by atoms with Gasteiger partial charge in [-0.2, -0.15) is 0 Å². The van der Waals surface area contributed by atoms with Crippen molar-refractivity contribution in [2.24, 2.45) is 5.73 Å². The van der Waals surface area contributed by atoms with Crippen LogP contribution in [-0.4, -0.2) is 33.8 Å². The Morgan fingerprint density at radius 2 is 1.67 bits per heavy atom. The van der Waals surface area contributed by atoms with E-state index < -0.39 is 0 Å². The summed E-state index contributed by atoms with van der Waals surface area (Å²) in [7, 11) is 0. The van der Waals surface area contributed by atoms with Crippen LogP contribution in [0.1, 0.15) is 32.6 Å². The molecule has 0 aromatic heterocycles. The minimum Gasteiger partial charge on any atom is -0.330 e. The van der Waals surface area contributed by atoms with Gasteiger partial charge in [-0.25, -0.2) is 0 Å². The van der Waals surface area contributed by atoms with Gasteiger partial charge in [0.15, 0.2) is 0 Å². The third kappa shape index (κ3) is 17.7. The molecule has 0 saturated heterocycles. The molecule has 0 heterocycles. The van der Waals surface area contributed by atoms with Crippen molar-refractivity contribution in [1.82, 2.24) is 0 Å². The monoisotopic (exact) mass is 436 g/mol. The Labute approximate surface area is 95.3 Å². The van der Waals surface area contributed by atoms with Crippen molar-refractivity contribution in [3.8, 4) is 0 Å². The van der Waals surface area contributed by atoms with Crippen LogP contribution in [0.3, 0.4) is 0 Å². The topological polar surface area (TPSA) is 26.0 Å². The Balaban J connectivity index is -0.000000180. The maximum absolute atomic E-state index is 5.27. The molecule has 0 aromatic rings. The summed E-state index contributed by atoms with van der Waals surface area (Å²) >= 11 is 0. The van der Waals surface area contributed by atoms with Gasteiger partial charge in [0.25, 0.3) is 0 Å². The van der Waals surface area contributed by atoms with Crippen LogP contribution in [0.5, 0.6) is 0 Å². The standard InChI is InChI=1S/C6H15N.I.Pb/c1-2-3-4-5-6-7;;/h2-7H2,1H3;;. The maximum atomic E-state index is 5.27. The number of hydrogen-bond donors (Lipinski definition) is 1. The maximum Gasteiger partial charge on any atom is 0 e. The van der Waals surface area contributed by atoms with E-state index in [2.05, 4.69) is 6.92 Å². The molecule has 0 spiro atoms.